The summed E-state index contributed by atoms with van der Waals surface area (Å²) in [5.74, 6) is 10.7. The topological polar surface area (TPSA) is 418 Å². The highest BCUT2D eigenvalue weighted by Gasteiger charge is 2.37. The Morgan fingerprint density at radius 2 is 1.02 bits per heavy atom. The van der Waals surface area contributed by atoms with E-state index in [0.29, 0.717) is 102 Å². The number of anilines is 4. The number of thiophene rings is 1. The molecule has 3 aliphatic heterocycles. The molecule has 8 N–H and O–H groups in total. The van der Waals surface area contributed by atoms with Gasteiger partial charge in [-0.2, -0.15) is 0 Å². The highest BCUT2D eigenvalue weighted by atomic mass is 35.5. The van der Waals surface area contributed by atoms with Gasteiger partial charge in [-0.15, -0.1) is 21.5 Å². The van der Waals surface area contributed by atoms with Crippen LogP contribution in [-0.4, -0.2) is 259 Å². The monoisotopic (exact) mass is 1660 g/mol. The molecule has 39 heteroatoms. The third-order valence-corrected chi connectivity index (χ3v) is 20.6. The minimum atomic E-state index is -0.639. The molecule has 3 aliphatic rings. The number of rotatable bonds is 42. The van der Waals surface area contributed by atoms with Gasteiger partial charge in [0, 0.05) is 178 Å². The van der Waals surface area contributed by atoms with Crippen molar-refractivity contribution < 1.29 is 71.6 Å². The third kappa shape index (κ3) is 24.2. The predicted octanol–water partition coefficient (Wildman–Crippen LogP) is 3.52. The summed E-state index contributed by atoms with van der Waals surface area (Å²) in [4.78, 5) is 140. The van der Waals surface area contributed by atoms with Gasteiger partial charge in [-0.25, -0.2) is 15.0 Å². The molecule has 0 unspecified atom stereocenters. The maximum atomic E-state index is 13.7. The lowest BCUT2D eigenvalue weighted by atomic mass is 9.98. The van der Waals surface area contributed by atoms with Crippen LogP contribution in [0, 0.1) is 56.3 Å². The highest BCUT2D eigenvalue weighted by Crippen LogP contribution is 2.40. The Balaban J connectivity index is 0.443. The summed E-state index contributed by atoms with van der Waals surface area (Å²) < 4.78 is 43.1. The van der Waals surface area contributed by atoms with Crippen molar-refractivity contribution in [3.63, 3.8) is 0 Å². The summed E-state index contributed by atoms with van der Waals surface area (Å²) in [5, 5.41) is 32.0. The minimum Gasteiger partial charge on any atom is -0.378 e. The number of hydrogen-bond donors (Lipinski definition) is 8. The van der Waals surface area contributed by atoms with Gasteiger partial charge in [-0.3, -0.25) is 57.6 Å². The molecule has 9 amide bonds. The van der Waals surface area contributed by atoms with E-state index in [1.54, 1.807) is 63.5 Å². The summed E-state index contributed by atoms with van der Waals surface area (Å²) in [6, 6.07) is 10.1. The number of carbonyl (C=O) groups is 9. The number of aliphatic imine (C=N–C) groups is 1. The molecule has 2 saturated heterocycles. The van der Waals surface area contributed by atoms with E-state index in [4.69, 9.17) is 45.0 Å². The number of aryl methyl sites for hydroxylation is 7. The van der Waals surface area contributed by atoms with Crippen molar-refractivity contribution in [3.05, 3.63) is 141 Å². The Kier molecular flexibility index (Phi) is 31.3. The fourth-order valence-electron chi connectivity index (χ4n) is 12.8. The number of aromatic nitrogens is 11. The van der Waals surface area contributed by atoms with Crippen molar-refractivity contribution in [1.82, 2.24) is 83.6 Å². The molecule has 0 saturated carbocycles. The normalized spacial score (nSPS) is 13.8. The van der Waals surface area contributed by atoms with Gasteiger partial charge in [0.2, 0.25) is 35.3 Å². The number of hydrogen-bond acceptors (Lipinski definition) is 23. The average molecular weight is 1660 g/mol. The second kappa shape index (κ2) is 42.4. The third-order valence-electron chi connectivity index (χ3n) is 19.1. The number of imidazole rings is 3. The molecular formula is C79H97ClN22O15S. The average Bonchev–Trinajstić information content (AvgIpc) is 1.59. The van der Waals surface area contributed by atoms with Crippen LogP contribution in [0.5, 0.6) is 0 Å². The van der Waals surface area contributed by atoms with Crippen LogP contribution in [0.2, 0.25) is 5.02 Å². The molecule has 8 aromatic rings. The van der Waals surface area contributed by atoms with Crippen LogP contribution in [0.1, 0.15) is 118 Å². The van der Waals surface area contributed by atoms with Crippen LogP contribution in [0.15, 0.2) is 78.6 Å². The molecule has 11 rings (SSSR count). The second-order valence-electron chi connectivity index (χ2n) is 28.1. The minimum absolute atomic E-state index is 0.00111. The van der Waals surface area contributed by atoms with Gasteiger partial charge in [0.25, 0.3) is 29.5 Å². The van der Waals surface area contributed by atoms with Crippen LogP contribution < -0.4 is 42.5 Å². The van der Waals surface area contributed by atoms with E-state index in [0.717, 1.165) is 52.9 Å². The van der Waals surface area contributed by atoms with Gasteiger partial charge in [-0.1, -0.05) is 35.6 Å². The summed E-state index contributed by atoms with van der Waals surface area (Å²) >= 11 is 7.95. The molecule has 1 aromatic carbocycles. The molecule has 2 fully saturated rings. The molecule has 1 atom stereocenters. The summed E-state index contributed by atoms with van der Waals surface area (Å²) in [5.41, 5.74) is 4.98. The van der Waals surface area contributed by atoms with Crippen molar-refractivity contribution in [1.29, 1.82) is 0 Å². The molecule has 37 nitrogen and oxygen atoms in total. The Morgan fingerprint density at radius 3 is 1.55 bits per heavy atom. The lowest BCUT2D eigenvalue weighted by molar-refractivity contribution is -0.136. The van der Waals surface area contributed by atoms with Gasteiger partial charge in [0.05, 0.1) is 109 Å². The van der Waals surface area contributed by atoms with Crippen LogP contribution in [0.25, 0.3) is 5.00 Å². The first-order chi connectivity index (χ1) is 56.9. The van der Waals surface area contributed by atoms with Gasteiger partial charge < -0.3 is 98.7 Å². The zero-order valence-electron chi connectivity index (χ0n) is 67.0. The first-order valence-corrected chi connectivity index (χ1v) is 39.7. The molecule has 10 heterocycles. The lowest BCUT2D eigenvalue weighted by Gasteiger charge is -2.36. The van der Waals surface area contributed by atoms with E-state index in [-0.39, 0.29) is 128 Å². The number of benzene rings is 1. The SMILES string of the molecule is Cc1sc2c(c1C)C(c1ccc(Cl)cc1)=N[C@@H](CC(=O)N1CC(C#CC#CC3CN(CCOCCOCCOCCOCCOCCOCCNC(=O)CCNC(=O)c4nc(NC(=O)CCNC(=O)c5cc(NC(=O)c6nc(NC(=O)CCNC(=O)c7cc(NC(=O)c8nccn8C)cn7C)cn6C)cn5C)cn4C)C3)C1)c1nnc(C)n1-2. The van der Waals surface area contributed by atoms with E-state index in [1.807, 2.05) is 36.1 Å². The first kappa shape index (κ1) is 87.1. The van der Waals surface area contributed by atoms with Crippen molar-refractivity contribution in [2.24, 2.45) is 52.1 Å². The number of ether oxygens (including phenoxy) is 6. The van der Waals surface area contributed by atoms with Gasteiger partial charge >= 0.3 is 0 Å². The number of nitrogens with zero attached hydrogens (tertiary/aromatic N) is 14. The van der Waals surface area contributed by atoms with Crippen LogP contribution in [0.3, 0.4) is 0 Å². The molecule has 626 valence electrons. The predicted molar refractivity (Wildman–Crippen MR) is 436 cm³/mol. The largest absolute Gasteiger partial charge is 0.378 e. The first-order valence-electron chi connectivity index (χ1n) is 38.5. The molecule has 118 heavy (non-hydrogen) atoms. The maximum Gasteiger partial charge on any atom is 0.291 e. The standard InChI is InChI=1S/C79H97ClN22O15S/c1-50-51(2)118-79-68(50)69(55-13-15-56(80)16-14-55)88-59(70-94-93-52(3)102(70)79)41-67(106)101-44-54(45-101)12-10-9-11-53-42-100(43-53)26-28-113-30-32-115-34-36-117-38-37-116-35-33-114-31-29-112-27-24-81-64(103)17-20-85-76(109)72-91-62(48-98(72)7)89-65(104)18-21-84-75(108)61-40-58(47-97(61)6)87-78(111)73-92-63(49-99(73)8)90-66(105)19-22-83-74(107)60-39-57(46-96(60)5)86-77(110)71-82-23-25-95(71)4/h13-16,23,25,39-40,46-49,53-54,59H,17-22,24,26-38,41-45H2,1-8H3,(H,81,103)(H,83,107)(H,84,108)(H,85,109)(H,86,110)(H,87,111)(H,89,104)(H,90,105)/t59-/m0/s1. The fourth-order valence-corrected chi connectivity index (χ4v) is 14.1. The Bertz CT molecular complexity index is 5070. The van der Waals surface area contributed by atoms with Crippen LogP contribution in [0.4, 0.5) is 23.0 Å². The Hall–Kier alpha value is -11.7. The van der Waals surface area contributed by atoms with Crippen LogP contribution in [-0.2, 0) is 82.8 Å². The van der Waals surface area contributed by atoms with Crippen molar-refractivity contribution in [3.8, 4) is 28.7 Å². The zero-order valence-corrected chi connectivity index (χ0v) is 68.6. The van der Waals surface area contributed by atoms with E-state index in [2.05, 4.69) is 115 Å². The highest BCUT2D eigenvalue weighted by molar-refractivity contribution is 7.15. The molecule has 0 aliphatic carbocycles. The van der Waals surface area contributed by atoms with Crippen molar-refractivity contribution in [2.45, 2.75) is 52.5 Å². The lowest BCUT2D eigenvalue weighted by Crippen LogP contribution is -2.49. The van der Waals surface area contributed by atoms with E-state index in [1.165, 1.54) is 60.1 Å². The van der Waals surface area contributed by atoms with E-state index < -0.39 is 47.4 Å². The summed E-state index contributed by atoms with van der Waals surface area (Å²) in [6.45, 7) is 15.0. The van der Waals surface area contributed by atoms with E-state index in [9.17, 15) is 43.2 Å². The van der Waals surface area contributed by atoms with Crippen molar-refractivity contribution >= 4 is 105 Å². The molecular weight excluding hydrogens is 1560 g/mol. The number of likely N-dealkylation sites (tertiary alicyclic amines) is 2. The number of halogens is 1. The maximum absolute atomic E-state index is 13.7. The smallest absolute Gasteiger partial charge is 0.291 e. The molecule has 7 aromatic heterocycles. The second-order valence-corrected chi connectivity index (χ2v) is 29.7. The van der Waals surface area contributed by atoms with E-state index >= 15 is 0 Å². The quantitative estimate of drug-likeness (QED) is 0.0200. The zero-order chi connectivity index (χ0) is 83.8. The number of carbonyl (C=O) groups excluding carboxylic acids is 9. The molecule has 0 radical (unpaired) electrons. The fraction of sp³-hybridized carbons (Fsp3) is 0.456. The Labute approximate surface area is 690 Å². The molecule has 0 bridgehead atoms. The number of fused-ring (bicyclic) bond motifs is 3. The van der Waals surface area contributed by atoms with Gasteiger partial charge in [0.1, 0.15) is 28.3 Å². The summed E-state index contributed by atoms with van der Waals surface area (Å²) in [6.07, 6.45) is 9.00. The van der Waals surface area contributed by atoms with Crippen LogP contribution >= 0.6 is 22.9 Å². The summed E-state index contributed by atoms with van der Waals surface area (Å²) in [7, 11) is 8.05. The molecule has 0 spiro atoms. The number of amides is 9. The Morgan fingerprint density at radius 1 is 0.525 bits per heavy atom. The van der Waals surface area contributed by atoms with Gasteiger partial charge in [0.15, 0.2) is 23.3 Å². The van der Waals surface area contributed by atoms with Gasteiger partial charge in [-0.05, 0) is 62.4 Å². The van der Waals surface area contributed by atoms with Crippen molar-refractivity contribution in [2.75, 3.05) is 159 Å². The number of nitrogens with one attached hydrogen (secondary N) is 8.